The molecule has 0 atom stereocenters. The van der Waals surface area contributed by atoms with E-state index in [1.54, 1.807) is 18.5 Å². The van der Waals surface area contributed by atoms with E-state index in [1.165, 1.54) is 0 Å². The highest BCUT2D eigenvalue weighted by atomic mass is 16.5. The van der Waals surface area contributed by atoms with Gasteiger partial charge in [-0.3, -0.25) is 9.78 Å². The van der Waals surface area contributed by atoms with Crippen LogP contribution in [0.15, 0.2) is 18.5 Å². The minimum absolute atomic E-state index is 0.0115. The summed E-state index contributed by atoms with van der Waals surface area (Å²) in [5.41, 5.74) is 7.06. The van der Waals surface area contributed by atoms with Crippen LogP contribution in [-0.2, 0) is 9.53 Å². The van der Waals surface area contributed by atoms with Gasteiger partial charge in [0.15, 0.2) is 0 Å². The molecule has 1 aliphatic rings. The van der Waals surface area contributed by atoms with E-state index in [0.29, 0.717) is 32.6 Å². The highest BCUT2D eigenvalue weighted by molar-refractivity contribution is 5.96. The molecule has 0 aromatic carbocycles. The highest BCUT2D eigenvalue weighted by Crippen LogP contribution is 2.31. The van der Waals surface area contributed by atoms with Crippen molar-refractivity contribution < 1.29 is 9.53 Å². The normalized spacial score (nSPS) is 18.3. The number of pyridine rings is 1. The molecule has 0 aliphatic carbocycles. The molecule has 5 nitrogen and oxygen atoms in total. The second kappa shape index (κ2) is 5.46. The number of carbonyl (C=O) groups excluding carboxylic acids is 1. The Balaban J connectivity index is 2.13. The summed E-state index contributed by atoms with van der Waals surface area (Å²) < 4.78 is 5.31. The van der Waals surface area contributed by atoms with E-state index >= 15 is 0 Å². The van der Waals surface area contributed by atoms with Crippen molar-refractivity contribution in [3.8, 4) is 0 Å². The van der Waals surface area contributed by atoms with E-state index in [-0.39, 0.29) is 5.91 Å². The lowest BCUT2D eigenvalue weighted by atomic mass is 9.79. The number of nitrogens with two attached hydrogens (primary N) is 1. The zero-order chi connectivity index (χ0) is 13.0. The van der Waals surface area contributed by atoms with E-state index in [2.05, 4.69) is 10.3 Å². The van der Waals surface area contributed by atoms with Crippen LogP contribution in [0.2, 0.25) is 0 Å². The highest BCUT2D eigenvalue weighted by Gasteiger charge is 2.38. The van der Waals surface area contributed by atoms with Crippen molar-refractivity contribution in [2.24, 2.45) is 11.1 Å². The first-order valence-electron chi connectivity index (χ1n) is 6.18. The molecule has 3 N–H and O–H groups in total. The fourth-order valence-corrected chi connectivity index (χ4v) is 2.15. The van der Waals surface area contributed by atoms with Crippen LogP contribution in [0, 0.1) is 12.3 Å². The first-order chi connectivity index (χ1) is 8.68. The number of amides is 1. The van der Waals surface area contributed by atoms with Crippen LogP contribution in [0.5, 0.6) is 0 Å². The third-order valence-corrected chi connectivity index (χ3v) is 3.59. The van der Waals surface area contributed by atoms with Gasteiger partial charge in [0, 0.05) is 37.8 Å². The SMILES string of the molecule is Cc1cnccc1NC(=O)C1(CN)CCOCC1. The summed E-state index contributed by atoms with van der Waals surface area (Å²) in [5, 5.41) is 2.96. The van der Waals surface area contributed by atoms with Gasteiger partial charge in [0.05, 0.1) is 5.41 Å². The van der Waals surface area contributed by atoms with Crippen LogP contribution in [-0.4, -0.2) is 30.6 Å². The van der Waals surface area contributed by atoms with Gasteiger partial charge < -0.3 is 15.8 Å². The zero-order valence-electron chi connectivity index (χ0n) is 10.6. The summed E-state index contributed by atoms with van der Waals surface area (Å²) in [6.45, 7) is 3.47. The molecule has 1 amide bonds. The molecular formula is C13H19N3O2. The van der Waals surface area contributed by atoms with E-state index in [4.69, 9.17) is 10.5 Å². The number of nitrogens with zero attached hydrogens (tertiary/aromatic N) is 1. The molecule has 1 fully saturated rings. The van der Waals surface area contributed by atoms with Crippen molar-refractivity contribution in [1.82, 2.24) is 4.98 Å². The number of hydrogen-bond donors (Lipinski definition) is 2. The lowest BCUT2D eigenvalue weighted by Crippen LogP contribution is -2.46. The number of nitrogens with one attached hydrogen (secondary N) is 1. The van der Waals surface area contributed by atoms with Crippen molar-refractivity contribution in [1.29, 1.82) is 0 Å². The molecule has 98 valence electrons. The van der Waals surface area contributed by atoms with Gasteiger partial charge in [-0.05, 0) is 31.4 Å². The summed E-state index contributed by atoms with van der Waals surface area (Å²) in [7, 11) is 0. The molecule has 18 heavy (non-hydrogen) atoms. The quantitative estimate of drug-likeness (QED) is 0.840. The Morgan fingerprint density at radius 1 is 1.56 bits per heavy atom. The van der Waals surface area contributed by atoms with Crippen LogP contribution >= 0.6 is 0 Å². The molecule has 5 heteroatoms. The third kappa shape index (κ3) is 2.52. The number of carbonyl (C=O) groups is 1. The van der Waals surface area contributed by atoms with Crippen LogP contribution in [0.3, 0.4) is 0 Å². The molecular weight excluding hydrogens is 230 g/mol. The van der Waals surface area contributed by atoms with Gasteiger partial charge in [-0.1, -0.05) is 0 Å². The maximum absolute atomic E-state index is 12.4. The second-order valence-corrected chi connectivity index (χ2v) is 4.74. The minimum atomic E-state index is -0.492. The Labute approximate surface area is 107 Å². The summed E-state index contributed by atoms with van der Waals surface area (Å²) in [5.74, 6) is -0.0115. The van der Waals surface area contributed by atoms with Crippen molar-refractivity contribution in [2.45, 2.75) is 19.8 Å². The van der Waals surface area contributed by atoms with Crippen LogP contribution in [0.1, 0.15) is 18.4 Å². The van der Waals surface area contributed by atoms with Crippen LogP contribution in [0.25, 0.3) is 0 Å². The molecule has 2 rings (SSSR count). The van der Waals surface area contributed by atoms with E-state index in [1.807, 2.05) is 6.92 Å². The number of rotatable bonds is 3. The fraction of sp³-hybridized carbons (Fsp3) is 0.538. The number of hydrogen-bond acceptors (Lipinski definition) is 4. The Morgan fingerprint density at radius 2 is 2.28 bits per heavy atom. The van der Waals surface area contributed by atoms with Gasteiger partial charge in [0.1, 0.15) is 0 Å². The molecule has 0 bridgehead atoms. The van der Waals surface area contributed by atoms with Gasteiger partial charge in [0.25, 0.3) is 0 Å². The summed E-state index contributed by atoms with van der Waals surface area (Å²) in [6, 6.07) is 1.80. The second-order valence-electron chi connectivity index (χ2n) is 4.74. The maximum Gasteiger partial charge on any atom is 0.232 e. The number of ether oxygens (including phenoxy) is 1. The lowest BCUT2D eigenvalue weighted by molar-refractivity contribution is -0.130. The van der Waals surface area contributed by atoms with Crippen molar-refractivity contribution >= 4 is 11.6 Å². The first-order valence-corrected chi connectivity index (χ1v) is 6.18. The summed E-state index contributed by atoms with van der Waals surface area (Å²) in [6.07, 6.45) is 4.76. The average Bonchev–Trinajstić information content (AvgIpc) is 2.42. The molecule has 1 aromatic heterocycles. The molecule has 1 aliphatic heterocycles. The lowest BCUT2D eigenvalue weighted by Gasteiger charge is -2.34. The summed E-state index contributed by atoms with van der Waals surface area (Å²) in [4.78, 5) is 16.4. The van der Waals surface area contributed by atoms with Crippen molar-refractivity contribution in [2.75, 3.05) is 25.1 Å². The van der Waals surface area contributed by atoms with Gasteiger partial charge >= 0.3 is 0 Å². The average molecular weight is 249 g/mol. The number of aromatic nitrogens is 1. The number of aryl methyl sites for hydroxylation is 1. The van der Waals surface area contributed by atoms with E-state index < -0.39 is 5.41 Å². The van der Waals surface area contributed by atoms with Gasteiger partial charge in [0.2, 0.25) is 5.91 Å². The number of anilines is 1. The minimum Gasteiger partial charge on any atom is -0.381 e. The van der Waals surface area contributed by atoms with Gasteiger partial charge in [-0.15, -0.1) is 0 Å². The molecule has 1 aromatic rings. The smallest absolute Gasteiger partial charge is 0.232 e. The van der Waals surface area contributed by atoms with Crippen molar-refractivity contribution in [3.05, 3.63) is 24.0 Å². The Bertz CT molecular complexity index is 428. The predicted molar refractivity (Wildman–Crippen MR) is 69.1 cm³/mol. The first kappa shape index (κ1) is 13.0. The standard InChI is InChI=1S/C13H19N3O2/c1-10-8-15-5-2-11(10)16-12(17)13(9-14)3-6-18-7-4-13/h2,5,8H,3-4,6-7,9,14H2,1H3,(H,15,16,17). The monoisotopic (exact) mass is 249 g/mol. The predicted octanol–water partition coefficient (Wildman–Crippen LogP) is 1.08. The van der Waals surface area contributed by atoms with Crippen molar-refractivity contribution in [3.63, 3.8) is 0 Å². The third-order valence-electron chi connectivity index (χ3n) is 3.59. The fourth-order valence-electron chi connectivity index (χ4n) is 2.15. The van der Waals surface area contributed by atoms with E-state index in [9.17, 15) is 4.79 Å². The molecule has 0 spiro atoms. The largest absolute Gasteiger partial charge is 0.381 e. The molecule has 1 saturated heterocycles. The Kier molecular flexibility index (Phi) is 3.93. The van der Waals surface area contributed by atoms with E-state index in [0.717, 1.165) is 11.3 Å². The van der Waals surface area contributed by atoms with Gasteiger partial charge in [-0.25, -0.2) is 0 Å². The molecule has 0 saturated carbocycles. The topological polar surface area (TPSA) is 77.2 Å². The Hall–Kier alpha value is -1.46. The van der Waals surface area contributed by atoms with Crippen LogP contribution < -0.4 is 11.1 Å². The zero-order valence-corrected chi connectivity index (χ0v) is 10.6. The molecule has 0 unspecified atom stereocenters. The van der Waals surface area contributed by atoms with Crippen LogP contribution in [0.4, 0.5) is 5.69 Å². The molecule has 0 radical (unpaired) electrons. The summed E-state index contributed by atoms with van der Waals surface area (Å²) >= 11 is 0. The van der Waals surface area contributed by atoms with Gasteiger partial charge in [-0.2, -0.15) is 0 Å². The Morgan fingerprint density at radius 3 is 2.89 bits per heavy atom. The molecule has 2 heterocycles. The maximum atomic E-state index is 12.4.